The van der Waals surface area contributed by atoms with Crippen molar-refractivity contribution in [3.05, 3.63) is 82.1 Å². The molecule has 10 heteroatoms. The highest BCUT2D eigenvalue weighted by atomic mass is 35.5. The van der Waals surface area contributed by atoms with E-state index in [1.165, 1.54) is 31.3 Å². The van der Waals surface area contributed by atoms with Gasteiger partial charge in [0.25, 0.3) is 11.8 Å². The van der Waals surface area contributed by atoms with Crippen molar-refractivity contribution in [3.8, 4) is 0 Å². The second kappa shape index (κ2) is 12.1. The monoisotopic (exact) mass is 525 g/mol. The van der Waals surface area contributed by atoms with Crippen LogP contribution in [0.25, 0.3) is 0 Å². The van der Waals surface area contributed by atoms with Crippen LogP contribution in [0.15, 0.2) is 48.8 Å². The summed E-state index contributed by atoms with van der Waals surface area (Å²) in [5, 5.41) is 5.64. The van der Waals surface area contributed by atoms with E-state index in [9.17, 15) is 18.8 Å². The summed E-state index contributed by atoms with van der Waals surface area (Å²) in [6, 6.07) is 10.4. The van der Waals surface area contributed by atoms with E-state index in [0.29, 0.717) is 23.7 Å². The summed E-state index contributed by atoms with van der Waals surface area (Å²) >= 11 is 5.98. The molecule has 1 saturated heterocycles. The Hall–Kier alpha value is -3.56. The maximum Gasteiger partial charge on any atom is 0.276 e. The van der Waals surface area contributed by atoms with E-state index in [1.807, 2.05) is 0 Å². The molecule has 37 heavy (non-hydrogen) atoms. The van der Waals surface area contributed by atoms with E-state index in [0.717, 1.165) is 25.7 Å². The molecule has 1 aliphatic rings. The molecule has 1 aromatic heterocycles. The number of likely N-dealkylation sites (tertiary alicyclic amines) is 1. The maximum absolute atomic E-state index is 13.2. The highest BCUT2D eigenvalue weighted by Crippen LogP contribution is 2.20. The van der Waals surface area contributed by atoms with Crippen LogP contribution in [-0.4, -0.2) is 58.6 Å². The van der Waals surface area contributed by atoms with Crippen LogP contribution in [-0.2, 0) is 6.42 Å². The van der Waals surface area contributed by atoms with Gasteiger partial charge in [0.15, 0.2) is 11.5 Å². The predicted octanol–water partition coefficient (Wildman–Crippen LogP) is 4.34. The van der Waals surface area contributed by atoms with Gasteiger partial charge < -0.3 is 20.5 Å². The van der Waals surface area contributed by atoms with E-state index in [-0.39, 0.29) is 40.1 Å². The Balaban J connectivity index is 1.31. The Labute approximate surface area is 219 Å². The summed E-state index contributed by atoms with van der Waals surface area (Å²) in [6.45, 7) is 5.53. The number of piperidine rings is 1. The molecule has 1 atom stereocenters. The summed E-state index contributed by atoms with van der Waals surface area (Å²) in [5.41, 5.74) is 1.52. The van der Waals surface area contributed by atoms with E-state index in [2.05, 4.69) is 32.4 Å². The molecule has 8 nitrogen and oxygen atoms in total. The summed E-state index contributed by atoms with van der Waals surface area (Å²) in [4.78, 5) is 47.1. The lowest BCUT2D eigenvalue weighted by Gasteiger charge is -2.30. The van der Waals surface area contributed by atoms with Crippen LogP contribution in [0.2, 0.25) is 5.02 Å². The number of rotatable bonds is 9. The number of Topliss-reactive ketones (excluding diaryl/α,β-unsaturated/α-hetero) is 1. The lowest BCUT2D eigenvalue weighted by atomic mass is 10.0. The molecule has 3 N–H and O–H groups in total. The van der Waals surface area contributed by atoms with Gasteiger partial charge in [-0.25, -0.2) is 9.37 Å². The minimum Gasteiger partial charge on any atom is -0.349 e. The highest BCUT2D eigenvalue weighted by molar-refractivity contribution is 6.34. The molecular weight excluding hydrogens is 497 g/mol. The fourth-order valence-electron chi connectivity index (χ4n) is 4.44. The van der Waals surface area contributed by atoms with Gasteiger partial charge in [-0.1, -0.05) is 30.7 Å². The third-order valence-electron chi connectivity index (χ3n) is 6.34. The van der Waals surface area contributed by atoms with Crippen LogP contribution in [0.1, 0.15) is 56.7 Å². The van der Waals surface area contributed by atoms with Crippen LogP contribution in [0, 0.1) is 11.7 Å². The average molecular weight is 526 g/mol. The molecule has 0 saturated carbocycles. The Morgan fingerprint density at radius 2 is 1.95 bits per heavy atom. The zero-order valence-electron chi connectivity index (χ0n) is 20.5. The predicted molar refractivity (Wildman–Crippen MR) is 140 cm³/mol. The first kappa shape index (κ1) is 26.5. The molecule has 0 bridgehead atoms. The summed E-state index contributed by atoms with van der Waals surface area (Å²) in [6.07, 6.45) is 3.78. The number of hydrogen-bond acceptors (Lipinski definition) is 5. The van der Waals surface area contributed by atoms with Gasteiger partial charge in [0.2, 0.25) is 0 Å². The summed E-state index contributed by atoms with van der Waals surface area (Å²) < 4.78 is 13.2. The molecule has 0 spiro atoms. The molecule has 2 aromatic carbocycles. The van der Waals surface area contributed by atoms with Crippen molar-refractivity contribution in [1.82, 2.24) is 20.2 Å². The third-order valence-corrected chi connectivity index (χ3v) is 6.66. The highest BCUT2D eigenvalue weighted by Gasteiger charge is 2.21. The number of ketones is 1. The first-order valence-corrected chi connectivity index (χ1v) is 12.6. The van der Waals surface area contributed by atoms with Crippen molar-refractivity contribution in [3.63, 3.8) is 0 Å². The molecule has 1 aliphatic heterocycles. The van der Waals surface area contributed by atoms with Gasteiger partial charge >= 0.3 is 0 Å². The molecular formula is C27H29ClFN5O3. The topological polar surface area (TPSA) is 107 Å². The number of imidazole rings is 1. The van der Waals surface area contributed by atoms with Crippen molar-refractivity contribution in [2.45, 2.75) is 26.2 Å². The fraction of sp³-hybridized carbons (Fsp3) is 0.333. The van der Waals surface area contributed by atoms with Crippen LogP contribution in [0.4, 0.5) is 10.1 Å². The van der Waals surface area contributed by atoms with Crippen LogP contribution >= 0.6 is 11.6 Å². The van der Waals surface area contributed by atoms with E-state index in [1.54, 1.807) is 24.3 Å². The molecule has 1 fully saturated rings. The number of nitrogens with one attached hydrogen (secondary N) is 3. The number of anilines is 1. The molecule has 2 amide bonds. The number of carbonyl (C=O) groups excluding carboxylic acids is 3. The summed E-state index contributed by atoms with van der Waals surface area (Å²) in [7, 11) is 0. The van der Waals surface area contributed by atoms with Gasteiger partial charge in [-0.2, -0.15) is 0 Å². The lowest BCUT2D eigenvalue weighted by molar-refractivity contribution is 0.0926. The smallest absolute Gasteiger partial charge is 0.276 e. The zero-order chi connectivity index (χ0) is 26.4. The Morgan fingerprint density at radius 1 is 1.16 bits per heavy atom. The largest absolute Gasteiger partial charge is 0.349 e. The number of hydrogen-bond donors (Lipinski definition) is 3. The van der Waals surface area contributed by atoms with E-state index in [4.69, 9.17) is 11.6 Å². The molecule has 0 aliphatic carbocycles. The Kier molecular flexibility index (Phi) is 8.68. The molecule has 1 unspecified atom stereocenters. The number of nitrogens with zero attached hydrogens (tertiary/aromatic N) is 2. The fourth-order valence-corrected chi connectivity index (χ4v) is 4.71. The number of aromatic nitrogens is 2. The number of halogens is 2. The Bertz CT molecular complexity index is 1280. The summed E-state index contributed by atoms with van der Waals surface area (Å²) in [5.74, 6) is -1.01. The quantitative estimate of drug-likeness (QED) is 0.360. The first-order chi connectivity index (χ1) is 17.8. The third kappa shape index (κ3) is 7.02. The standard InChI is InChI=1S/C27H29ClFN5O3/c1-17-3-2-11-34(15-17)12-10-30-26(36)24-25(32-16-31-24)27(37)33-20-7-4-18(5-8-20)13-23(35)21-9-6-19(29)14-22(21)28/h4-9,14,16-17H,2-3,10-13,15H2,1H3,(H,30,36)(H,31,32)(H,33,37). The van der Waals surface area contributed by atoms with Crippen molar-refractivity contribution in [2.24, 2.45) is 5.92 Å². The molecule has 194 valence electrons. The number of H-pyrrole nitrogens is 1. The van der Waals surface area contributed by atoms with Gasteiger partial charge in [0, 0.05) is 37.3 Å². The van der Waals surface area contributed by atoms with Crippen LogP contribution in [0.5, 0.6) is 0 Å². The van der Waals surface area contributed by atoms with Gasteiger partial charge in [-0.3, -0.25) is 14.4 Å². The van der Waals surface area contributed by atoms with Gasteiger partial charge in [-0.05, 0) is 61.2 Å². The van der Waals surface area contributed by atoms with Crippen molar-refractivity contribution in [2.75, 3.05) is 31.5 Å². The second-order valence-corrected chi connectivity index (χ2v) is 9.71. The molecule has 2 heterocycles. The second-order valence-electron chi connectivity index (χ2n) is 9.31. The normalized spacial score (nSPS) is 15.8. The number of aromatic amines is 1. The van der Waals surface area contributed by atoms with Gasteiger partial charge in [0.1, 0.15) is 11.5 Å². The maximum atomic E-state index is 13.2. The molecule has 4 rings (SSSR count). The number of benzene rings is 2. The van der Waals surface area contributed by atoms with Gasteiger partial charge in [0.05, 0.1) is 11.3 Å². The van der Waals surface area contributed by atoms with Crippen molar-refractivity contribution < 1.29 is 18.8 Å². The number of carbonyl (C=O) groups is 3. The SMILES string of the molecule is CC1CCCN(CCNC(=O)c2[nH]cnc2C(=O)Nc2ccc(CC(=O)c3ccc(F)cc3Cl)cc2)C1. The molecule has 3 aromatic rings. The zero-order valence-corrected chi connectivity index (χ0v) is 21.3. The first-order valence-electron chi connectivity index (χ1n) is 12.2. The van der Waals surface area contributed by atoms with Crippen molar-refractivity contribution >= 4 is 34.9 Å². The minimum atomic E-state index is -0.529. The minimum absolute atomic E-state index is 0.00528. The van der Waals surface area contributed by atoms with Crippen molar-refractivity contribution in [1.29, 1.82) is 0 Å². The van der Waals surface area contributed by atoms with Crippen LogP contribution < -0.4 is 10.6 Å². The average Bonchev–Trinajstić information content (AvgIpc) is 3.36. The molecule has 0 radical (unpaired) electrons. The number of amides is 2. The lowest BCUT2D eigenvalue weighted by Crippen LogP contribution is -2.40. The Morgan fingerprint density at radius 3 is 2.68 bits per heavy atom. The van der Waals surface area contributed by atoms with Gasteiger partial charge in [-0.15, -0.1) is 0 Å². The van der Waals surface area contributed by atoms with Crippen LogP contribution in [0.3, 0.4) is 0 Å². The van der Waals surface area contributed by atoms with E-state index < -0.39 is 11.7 Å². The van der Waals surface area contributed by atoms with E-state index >= 15 is 0 Å².